The van der Waals surface area contributed by atoms with Crippen LogP contribution in [-0.2, 0) is 0 Å². The lowest BCUT2D eigenvalue weighted by Gasteiger charge is -2.00. The summed E-state index contributed by atoms with van der Waals surface area (Å²) in [5, 5.41) is 4.11. The van der Waals surface area contributed by atoms with Crippen LogP contribution in [0.4, 0.5) is 10.1 Å². The molecular weight excluding hydrogens is 293 g/mol. The molecule has 0 bridgehead atoms. The number of halogens is 2. The molecule has 1 aromatic heterocycles. The maximum atomic E-state index is 13.1. The Morgan fingerprint density at radius 2 is 2.00 bits per heavy atom. The number of hydrogen-bond acceptors (Lipinski definition) is 4. The Kier molecular flexibility index (Phi) is 3.35. The summed E-state index contributed by atoms with van der Waals surface area (Å²) in [6.07, 6.45) is 0. The molecule has 2 aromatic carbocycles. The molecule has 0 aliphatic carbocycles. The summed E-state index contributed by atoms with van der Waals surface area (Å²) in [4.78, 5) is 4.29. The molecule has 0 spiro atoms. The van der Waals surface area contributed by atoms with Gasteiger partial charge in [0.1, 0.15) is 5.82 Å². The summed E-state index contributed by atoms with van der Waals surface area (Å²) in [6, 6.07) is 9.45. The van der Waals surface area contributed by atoms with Gasteiger partial charge in [0.25, 0.3) is 5.89 Å². The Morgan fingerprint density at radius 1 is 1.19 bits per heavy atom. The largest absolute Gasteiger partial charge is 0.399 e. The Hall–Kier alpha value is -2.40. The van der Waals surface area contributed by atoms with E-state index in [9.17, 15) is 4.39 Å². The molecule has 0 saturated carbocycles. The normalized spacial score (nSPS) is 10.8. The van der Waals surface area contributed by atoms with Crippen LogP contribution in [0.2, 0.25) is 5.02 Å². The third-order valence-electron chi connectivity index (χ3n) is 3.11. The zero-order chi connectivity index (χ0) is 15.0. The van der Waals surface area contributed by atoms with Crippen molar-refractivity contribution in [2.75, 3.05) is 5.73 Å². The highest BCUT2D eigenvalue weighted by atomic mass is 35.5. The first-order valence-corrected chi connectivity index (χ1v) is 6.58. The zero-order valence-electron chi connectivity index (χ0n) is 11.1. The fraction of sp³-hybridized carbons (Fsp3) is 0.0667. The topological polar surface area (TPSA) is 64.9 Å². The van der Waals surface area contributed by atoms with E-state index >= 15 is 0 Å². The fourth-order valence-corrected chi connectivity index (χ4v) is 2.18. The van der Waals surface area contributed by atoms with Gasteiger partial charge in [0.05, 0.1) is 5.02 Å². The standard InChI is InChI=1S/C15H11ClFN3O/c1-8-6-9(2-5-13(8)18)15-19-14(20-21-15)11-4-3-10(17)7-12(11)16/h2-7H,18H2,1H3. The van der Waals surface area contributed by atoms with Gasteiger partial charge in [-0.05, 0) is 48.9 Å². The van der Waals surface area contributed by atoms with Gasteiger partial charge in [0.2, 0.25) is 5.82 Å². The molecule has 3 aromatic rings. The average Bonchev–Trinajstić information content (AvgIpc) is 2.91. The molecule has 4 nitrogen and oxygen atoms in total. The molecule has 0 aliphatic heterocycles. The van der Waals surface area contributed by atoms with E-state index in [1.165, 1.54) is 18.2 Å². The van der Waals surface area contributed by atoms with Gasteiger partial charge in [-0.1, -0.05) is 16.8 Å². The van der Waals surface area contributed by atoms with Crippen molar-refractivity contribution in [3.05, 3.63) is 52.8 Å². The molecule has 0 radical (unpaired) electrons. The number of rotatable bonds is 2. The highest BCUT2D eigenvalue weighted by Crippen LogP contribution is 2.29. The second-order valence-corrected chi connectivity index (χ2v) is 5.03. The van der Waals surface area contributed by atoms with E-state index in [2.05, 4.69) is 10.1 Å². The van der Waals surface area contributed by atoms with Crippen LogP contribution >= 0.6 is 11.6 Å². The summed E-state index contributed by atoms with van der Waals surface area (Å²) < 4.78 is 18.3. The van der Waals surface area contributed by atoms with E-state index in [-0.39, 0.29) is 5.02 Å². The van der Waals surface area contributed by atoms with Crippen LogP contribution in [0.15, 0.2) is 40.9 Å². The third-order valence-corrected chi connectivity index (χ3v) is 3.43. The molecular formula is C15H11ClFN3O. The van der Waals surface area contributed by atoms with Crippen LogP contribution in [0, 0.1) is 12.7 Å². The predicted octanol–water partition coefficient (Wildman–Crippen LogP) is 4.09. The first-order chi connectivity index (χ1) is 10.0. The Morgan fingerprint density at radius 3 is 2.71 bits per heavy atom. The number of aromatic nitrogens is 2. The van der Waals surface area contributed by atoms with Gasteiger partial charge >= 0.3 is 0 Å². The van der Waals surface area contributed by atoms with E-state index in [1.54, 1.807) is 12.1 Å². The SMILES string of the molecule is Cc1cc(-c2nc(-c3ccc(F)cc3Cl)no2)ccc1N. The molecule has 0 unspecified atom stereocenters. The maximum Gasteiger partial charge on any atom is 0.258 e. The van der Waals surface area contributed by atoms with Crippen molar-refractivity contribution in [2.24, 2.45) is 0 Å². The van der Waals surface area contributed by atoms with Crippen molar-refractivity contribution < 1.29 is 8.91 Å². The lowest BCUT2D eigenvalue weighted by Crippen LogP contribution is -1.89. The molecule has 106 valence electrons. The van der Waals surface area contributed by atoms with Crippen molar-refractivity contribution in [3.8, 4) is 22.8 Å². The predicted molar refractivity (Wildman–Crippen MR) is 79.3 cm³/mol. The Labute approximate surface area is 125 Å². The van der Waals surface area contributed by atoms with E-state index in [0.29, 0.717) is 23.0 Å². The minimum atomic E-state index is -0.415. The average molecular weight is 304 g/mol. The zero-order valence-corrected chi connectivity index (χ0v) is 11.9. The molecule has 21 heavy (non-hydrogen) atoms. The van der Waals surface area contributed by atoms with Gasteiger partial charge in [-0.25, -0.2) is 4.39 Å². The van der Waals surface area contributed by atoms with Crippen LogP contribution in [0.1, 0.15) is 5.56 Å². The number of hydrogen-bond donors (Lipinski definition) is 1. The molecule has 0 fully saturated rings. The van der Waals surface area contributed by atoms with E-state index < -0.39 is 5.82 Å². The minimum Gasteiger partial charge on any atom is -0.399 e. The molecule has 2 N–H and O–H groups in total. The number of benzene rings is 2. The second kappa shape index (κ2) is 5.18. The van der Waals surface area contributed by atoms with Crippen LogP contribution in [0.25, 0.3) is 22.8 Å². The molecule has 0 amide bonds. The lowest BCUT2D eigenvalue weighted by molar-refractivity contribution is 0.432. The van der Waals surface area contributed by atoms with Crippen LogP contribution in [-0.4, -0.2) is 10.1 Å². The number of nitrogens with two attached hydrogens (primary N) is 1. The number of aryl methyl sites for hydroxylation is 1. The van der Waals surface area contributed by atoms with E-state index in [0.717, 1.165) is 11.1 Å². The monoisotopic (exact) mass is 303 g/mol. The van der Waals surface area contributed by atoms with E-state index in [4.69, 9.17) is 21.9 Å². The van der Waals surface area contributed by atoms with E-state index in [1.807, 2.05) is 13.0 Å². The Bertz CT molecular complexity index is 816. The summed E-state index contributed by atoms with van der Waals surface area (Å²) >= 11 is 5.99. The van der Waals surface area contributed by atoms with Crippen LogP contribution in [0.3, 0.4) is 0 Å². The minimum absolute atomic E-state index is 0.232. The van der Waals surface area contributed by atoms with Crippen molar-refractivity contribution in [1.29, 1.82) is 0 Å². The Balaban J connectivity index is 2.01. The van der Waals surface area contributed by atoms with Gasteiger partial charge in [0.15, 0.2) is 0 Å². The molecule has 1 heterocycles. The molecule has 3 rings (SSSR count). The van der Waals surface area contributed by atoms with Crippen molar-refractivity contribution in [2.45, 2.75) is 6.92 Å². The summed E-state index contributed by atoms with van der Waals surface area (Å²) in [6.45, 7) is 1.90. The van der Waals surface area contributed by atoms with Gasteiger partial charge < -0.3 is 10.3 Å². The quantitative estimate of drug-likeness (QED) is 0.724. The van der Waals surface area contributed by atoms with Gasteiger partial charge in [-0.2, -0.15) is 4.98 Å². The highest BCUT2D eigenvalue weighted by molar-refractivity contribution is 6.33. The number of anilines is 1. The highest BCUT2D eigenvalue weighted by Gasteiger charge is 2.14. The summed E-state index contributed by atoms with van der Waals surface area (Å²) in [5.74, 6) is 0.250. The van der Waals surface area contributed by atoms with Crippen molar-refractivity contribution in [1.82, 2.24) is 10.1 Å². The summed E-state index contributed by atoms with van der Waals surface area (Å²) in [5.41, 5.74) is 8.67. The third kappa shape index (κ3) is 2.60. The molecule has 0 saturated heterocycles. The first kappa shape index (κ1) is 13.6. The second-order valence-electron chi connectivity index (χ2n) is 4.62. The fourth-order valence-electron chi connectivity index (χ4n) is 1.93. The van der Waals surface area contributed by atoms with Gasteiger partial charge in [-0.15, -0.1) is 0 Å². The van der Waals surface area contributed by atoms with Gasteiger partial charge in [-0.3, -0.25) is 0 Å². The number of nitrogens with zero attached hydrogens (tertiary/aromatic N) is 2. The lowest BCUT2D eigenvalue weighted by atomic mass is 10.1. The van der Waals surface area contributed by atoms with Crippen molar-refractivity contribution in [3.63, 3.8) is 0 Å². The maximum absolute atomic E-state index is 13.1. The summed E-state index contributed by atoms with van der Waals surface area (Å²) in [7, 11) is 0. The molecule has 6 heteroatoms. The molecule has 0 aliphatic rings. The molecule has 0 atom stereocenters. The van der Waals surface area contributed by atoms with Crippen LogP contribution in [0.5, 0.6) is 0 Å². The van der Waals surface area contributed by atoms with Crippen LogP contribution < -0.4 is 5.73 Å². The first-order valence-electron chi connectivity index (χ1n) is 6.20. The van der Waals surface area contributed by atoms with Gasteiger partial charge in [0, 0.05) is 16.8 Å². The van der Waals surface area contributed by atoms with Crippen molar-refractivity contribution >= 4 is 17.3 Å². The smallest absolute Gasteiger partial charge is 0.258 e. The number of nitrogen functional groups attached to an aromatic ring is 1.